The van der Waals surface area contributed by atoms with Crippen molar-refractivity contribution in [1.82, 2.24) is 9.97 Å². The molecule has 0 aliphatic heterocycles. The molecule has 1 heterocycles. The van der Waals surface area contributed by atoms with Crippen molar-refractivity contribution in [3.05, 3.63) is 84.8 Å². The summed E-state index contributed by atoms with van der Waals surface area (Å²) in [6.07, 6.45) is 1.31. The molecule has 0 amide bonds. The molecular formula is C21H16N2. The number of benzene rings is 3. The molecule has 0 saturated carbocycles. The van der Waals surface area contributed by atoms with Gasteiger partial charge in [-0.05, 0) is 47.0 Å². The summed E-state index contributed by atoms with van der Waals surface area (Å²) in [4.78, 5) is 8.12. The maximum absolute atomic E-state index is 7.53. The first-order chi connectivity index (χ1) is 12.5. The van der Waals surface area contributed by atoms with Crippen LogP contribution in [0.4, 0.5) is 0 Å². The molecule has 0 unspecified atom stereocenters. The summed E-state index contributed by atoms with van der Waals surface area (Å²) in [5.74, 6) is 0. The molecule has 0 fully saturated rings. The first-order valence-electron chi connectivity index (χ1n) is 8.93. The summed E-state index contributed by atoms with van der Waals surface area (Å²) in [6.45, 7) is -2.24. The minimum absolute atomic E-state index is 0.0543. The van der Waals surface area contributed by atoms with Crippen molar-refractivity contribution >= 4 is 10.8 Å². The number of fused-ring (bicyclic) bond motifs is 1. The van der Waals surface area contributed by atoms with Gasteiger partial charge in [0.2, 0.25) is 0 Å². The van der Waals surface area contributed by atoms with Crippen LogP contribution >= 0.6 is 0 Å². The van der Waals surface area contributed by atoms with Gasteiger partial charge in [0.05, 0.1) is 5.69 Å². The van der Waals surface area contributed by atoms with Crippen LogP contribution in [0, 0.1) is 6.85 Å². The normalized spacial score (nSPS) is 13.3. The molecule has 1 aromatic heterocycles. The van der Waals surface area contributed by atoms with E-state index < -0.39 is 6.85 Å². The Morgan fingerprint density at radius 3 is 2.43 bits per heavy atom. The van der Waals surface area contributed by atoms with Crippen LogP contribution in [0.2, 0.25) is 0 Å². The number of aryl methyl sites for hydroxylation is 1. The molecule has 0 aliphatic rings. The first-order valence-corrected chi connectivity index (χ1v) is 7.43. The zero-order valence-corrected chi connectivity index (χ0v) is 12.4. The molecule has 0 spiro atoms. The van der Waals surface area contributed by atoms with Crippen molar-refractivity contribution in [3.8, 4) is 22.4 Å². The molecule has 110 valence electrons. The number of aromatic nitrogens is 2. The van der Waals surface area contributed by atoms with E-state index in [-0.39, 0.29) is 5.69 Å². The van der Waals surface area contributed by atoms with Crippen molar-refractivity contribution in [2.75, 3.05) is 0 Å². The third kappa shape index (κ3) is 2.71. The Bertz CT molecular complexity index is 1090. The quantitative estimate of drug-likeness (QED) is 0.504. The zero-order valence-electron chi connectivity index (χ0n) is 15.4. The minimum atomic E-state index is -2.24. The summed E-state index contributed by atoms with van der Waals surface area (Å²) >= 11 is 0. The fourth-order valence-electron chi connectivity index (χ4n) is 2.74. The van der Waals surface area contributed by atoms with E-state index in [1.807, 2.05) is 36.4 Å². The van der Waals surface area contributed by atoms with Gasteiger partial charge < -0.3 is 0 Å². The lowest BCUT2D eigenvalue weighted by atomic mass is 9.99. The molecule has 3 aromatic carbocycles. The Morgan fingerprint density at radius 1 is 0.696 bits per heavy atom. The minimum Gasteiger partial charge on any atom is -0.242 e. The summed E-state index contributed by atoms with van der Waals surface area (Å²) in [7, 11) is 0. The van der Waals surface area contributed by atoms with Gasteiger partial charge in [0.25, 0.3) is 0 Å². The lowest BCUT2D eigenvalue weighted by Gasteiger charge is -2.07. The Kier molecular flexibility index (Phi) is 2.63. The monoisotopic (exact) mass is 299 g/mol. The molecule has 4 rings (SSSR count). The molecule has 2 nitrogen and oxygen atoms in total. The third-order valence-electron chi connectivity index (χ3n) is 3.91. The highest BCUT2D eigenvalue weighted by Crippen LogP contribution is 2.28. The van der Waals surface area contributed by atoms with Crippen molar-refractivity contribution in [3.63, 3.8) is 0 Å². The van der Waals surface area contributed by atoms with Gasteiger partial charge in [0.15, 0.2) is 0 Å². The Hall–Kier alpha value is -3.00. The zero-order chi connectivity index (χ0) is 18.1. The molecular weight excluding hydrogens is 280 g/mol. The lowest BCUT2D eigenvalue weighted by molar-refractivity contribution is 1.11. The number of hydrogen-bond donors (Lipinski definition) is 0. The molecule has 0 aliphatic carbocycles. The van der Waals surface area contributed by atoms with Gasteiger partial charge in [0.1, 0.15) is 6.33 Å². The van der Waals surface area contributed by atoms with Crippen LogP contribution in [0.5, 0.6) is 0 Å². The van der Waals surface area contributed by atoms with Gasteiger partial charge in [-0.1, -0.05) is 54.6 Å². The molecule has 2 heteroatoms. The molecule has 0 bridgehead atoms. The average molecular weight is 299 g/mol. The largest absolute Gasteiger partial charge is 0.242 e. The van der Waals surface area contributed by atoms with Crippen LogP contribution in [0.25, 0.3) is 33.2 Å². The molecule has 23 heavy (non-hydrogen) atoms. The average Bonchev–Trinajstić information content (AvgIpc) is 2.67. The van der Waals surface area contributed by atoms with Gasteiger partial charge >= 0.3 is 0 Å². The Balaban J connectivity index is 1.77. The topological polar surface area (TPSA) is 25.8 Å². The lowest BCUT2D eigenvalue weighted by Crippen LogP contribution is -1.88. The van der Waals surface area contributed by atoms with Crippen molar-refractivity contribution in [1.29, 1.82) is 0 Å². The smallest absolute Gasteiger partial charge is 0.116 e. The fourth-order valence-corrected chi connectivity index (χ4v) is 2.74. The second-order valence-electron chi connectivity index (χ2n) is 5.43. The van der Waals surface area contributed by atoms with E-state index in [9.17, 15) is 0 Å². The highest BCUT2D eigenvalue weighted by Gasteiger charge is 2.04. The summed E-state index contributed by atoms with van der Waals surface area (Å²) in [5.41, 5.74) is 3.69. The van der Waals surface area contributed by atoms with E-state index in [0.29, 0.717) is 5.69 Å². The highest BCUT2D eigenvalue weighted by atomic mass is 14.8. The SMILES string of the molecule is [2H]C([2H])([2H])c1cc(-c2cccc(-c3ccc4ccccc4c3)c2)ncn1. The highest BCUT2D eigenvalue weighted by molar-refractivity contribution is 5.87. The number of rotatable bonds is 2. The second-order valence-corrected chi connectivity index (χ2v) is 5.43. The molecule has 0 radical (unpaired) electrons. The maximum Gasteiger partial charge on any atom is 0.116 e. The van der Waals surface area contributed by atoms with Gasteiger partial charge in [-0.25, -0.2) is 9.97 Å². The van der Waals surface area contributed by atoms with Crippen LogP contribution in [-0.2, 0) is 0 Å². The van der Waals surface area contributed by atoms with Crippen molar-refractivity contribution < 1.29 is 4.11 Å². The van der Waals surface area contributed by atoms with Gasteiger partial charge in [-0.3, -0.25) is 0 Å². The van der Waals surface area contributed by atoms with Crippen LogP contribution < -0.4 is 0 Å². The third-order valence-corrected chi connectivity index (χ3v) is 3.91. The van der Waals surface area contributed by atoms with E-state index in [4.69, 9.17) is 4.11 Å². The molecule has 0 atom stereocenters. The van der Waals surface area contributed by atoms with Crippen LogP contribution in [0.15, 0.2) is 79.1 Å². The van der Waals surface area contributed by atoms with E-state index >= 15 is 0 Å². The van der Waals surface area contributed by atoms with Gasteiger partial charge in [-0.2, -0.15) is 0 Å². The van der Waals surface area contributed by atoms with Crippen molar-refractivity contribution in [2.24, 2.45) is 0 Å². The summed E-state index contributed by atoms with van der Waals surface area (Å²) < 4.78 is 22.6. The van der Waals surface area contributed by atoms with E-state index in [2.05, 4.69) is 40.3 Å². The Morgan fingerprint density at radius 2 is 1.52 bits per heavy atom. The summed E-state index contributed by atoms with van der Waals surface area (Å²) in [5, 5.41) is 2.38. The van der Waals surface area contributed by atoms with E-state index in [1.54, 1.807) is 0 Å². The second kappa shape index (κ2) is 5.65. The first kappa shape index (κ1) is 10.7. The molecule has 0 saturated heterocycles. The van der Waals surface area contributed by atoms with Crippen LogP contribution in [0.3, 0.4) is 0 Å². The van der Waals surface area contributed by atoms with Crippen molar-refractivity contribution in [2.45, 2.75) is 6.85 Å². The summed E-state index contributed by atoms with van der Waals surface area (Å²) in [6, 6.07) is 24.1. The van der Waals surface area contributed by atoms with Gasteiger partial charge in [0, 0.05) is 15.4 Å². The molecule has 0 N–H and O–H groups in total. The predicted octanol–water partition coefficient (Wildman–Crippen LogP) is 5.27. The fraction of sp³-hybridized carbons (Fsp3) is 0.0476. The van der Waals surface area contributed by atoms with E-state index in [1.165, 1.54) is 23.2 Å². The predicted molar refractivity (Wildman–Crippen MR) is 95.1 cm³/mol. The van der Waals surface area contributed by atoms with Crippen LogP contribution in [0.1, 0.15) is 9.81 Å². The van der Waals surface area contributed by atoms with Crippen LogP contribution in [-0.4, -0.2) is 9.97 Å². The van der Waals surface area contributed by atoms with E-state index in [0.717, 1.165) is 16.7 Å². The number of nitrogens with zero attached hydrogens (tertiary/aromatic N) is 2. The molecule has 4 aromatic rings. The Labute approximate surface area is 139 Å². The van der Waals surface area contributed by atoms with Gasteiger partial charge in [-0.15, -0.1) is 0 Å². The number of hydrogen-bond acceptors (Lipinski definition) is 2. The standard InChI is InChI=1S/C21H16N2/c1-15-11-21(23-14-22-15)20-8-4-7-18(13-20)19-10-9-16-5-2-3-6-17(16)12-19/h2-14H,1H3/i1D3. The maximum atomic E-state index is 7.53.